The lowest BCUT2D eigenvalue weighted by molar-refractivity contribution is 0.0601. The summed E-state index contributed by atoms with van der Waals surface area (Å²) < 4.78 is 0. The molecule has 0 radical (unpaired) electrons. The lowest BCUT2D eigenvalue weighted by Crippen LogP contribution is -2.46. The Labute approximate surface area is 129 Å². The molecule has 0 spiro atoms. The molecule has 0 unspecified atom stereocenters. The van der Waals surface area contributed by atoms with Gasteiger partial charge in [0.05, 0.1) is 0 Å². The highest BCUT2D eigenvalue weighted by atomic mass is 14.6. The van der Waals surface area contributed by atoms with Gasteiger partial charge in [0.15, 0.2) is 0 Å². The highest BCUT2D eigenvalue weighted by Gasteiger charge is 2.53. The third-order valence-electron chi connectivity index (χ3n) is 5.24. The van der Waals surface area contributed by atoms with Gasteiger partial charge in [-0.05, 0) is 39.2 Å². The van der Waals surface area contributed by atoms with Crippen molar-refractivity contribution in [1.82, 2.24) is 0 Å². The summed E-state index contributed by atoms with van der Waals surface area (Å²) in [6, 6.07) is 8.76. The lowest BCUT2D eigenvalue weighted by Gasteiger charge is -2.54. The smallest absolute Gasteiger partial charge is 0.0238 e. The molecule has 0 amide bonds. The summed E-state index contributed by atoms with van der Waals surface area (Å²) in [6.45, 7) is 14.2. The van der Waals surface area contributed by atoms with E-state index in [1.165, 1.54) is 22.3 Å². The second-order valence-electron chi connectivity index (χ2n) is 8.39. The zero-order chi connectivity index (χ0) is 15.5. The van der Waals surface area contributed by atoms with E-state index in [9.17, 15) is 0 Å². The largest absolute Gasteiger partial charge is 0.0729 e. The Kier molecular flexibility index (Phi) is 2.89. The molecule has 0 fully saturated rings. The van der Waals surface area contributed by atoms with Crippen molar-refractivity contribution in [1.29, 1.82) is 0 Å². The van der Waals surface area contributed by atoms with E-state index in [1.807, 2.05) is 0 Å². The van der Waals surface area contributed by atoms with Crippen LogP contribution in [0, 0.1) is 16.2 Å². The minimum Gasteiger partial charge on any atom is -0.0729 e. The summed E-state index contributed by atoms with van der Waals surface area (Å²) in [4.78, 5) is 0. The second kappa shape index (κ2) is 4.22. The van der Waals surface area contributed by atoms with Gasteiger partial charge in [0.1, 0.15) is 0 Å². The maximum Gasteiger partial charge on any atom is 0.0238 e. The van der Waals surface area contributed by atoms with Gasteiger partial charge in [0.2, 0.25) is 0 Å². The van der Waals surface area contributed by atoms with E-state index >= 15 is 0 Å². The first-order chi connectivity index (χ1) is 9.68. The first-order valence-corrected chi connectivity index (χ1v) is 7.90. The fourth-order valence-corrected chi connectivity index (χ4v) is 4.56. The molecular formula is C21H26. The Morgan fingerprint density at radius 3 is 2.10 bits per heavy atom. The minimum absolute atomic E-state index is 0.0447. The van der Waals surface area contributed by atoms with E-state index < -0.39 is 0 Å². The third kappa shape index (κ3) is 1.81. The summed E-state index contributed by atoms with van der Waals surface area (Å²) in [7, 11) is 0. The topological polar surface area (TPSA) is 0 Å². The summed E-state index contributed by atoms with van der Waals surface area (Å²) >= 11 is 0. The van der Waals surface area contributed by atoms with Gasteiger partial charge < -0.3 is 0 Å². The van der Waals surface area contributed by atoms with Gasteiger partial charge in [0.25, 0.3) is 0 Å². The fourth-order valence-electron chi connectivity index (χ4n) is 4.56. The van der Waals surface area contributed by atoms with Crippen LogP contribution in [0.3, 0.4) is 0 Å². The van der Waals surface area contributed by atoms with E-state index in [-0.39, 0.29) is 16.2 Å². The van der Waals surface area contributed by atoms with Crippen LogP contribution in [0.4, 0.5) is 0 Å². The van der Waals surface area contributed by atoms with Crippen LogP contribution in [-0.4, -0.2) is 0 Å². The van der Waals surface area contributed by atoms with Crippen LogP contribution in [0.15, 0.2) is 48.1 Å². The van der Waals surface area contributed by atoms with Gasteiger partial charge in [-0.1, -0.05) is 84.0 Å². The Bertz CT molecular complexity index is 653. The van der Waals surface area contributed by atoms with E-state index in [0.717, 1.165) is 0 Å². The fraction of sp³-hybridized carbons (Fsp3) is 0.429. The molecule has 0 heteroatoms. The van der Waals surface area contributed by atoms with Crippen molar-refractivity contribution in [2.45, 2.75) is 41.5 Å². The Morgan fingerprint density at radius 2 is 1.48 bits per heavy atom. The summed E-state index contributed by atoms with van der Waals surface area (Å²) in [5, 5.41) is 0. The van der Waals surface area contributed by atoms with Gasteiger partial charge in [-0.25, -0.2) is 0 Å². The van der Waals surface area contributed by atoms with E-state index in [4.69, 9.17) is 0 Å². The summed E-state index contributed by atoms with van der Waals surface area (Å²) in [5.74, 6) is 0. The van der Waals surface area contributed by atoms with E-state index in [0.29, 0.717) is 0 Å². The molecule has 0 aliphatic heterocycles. The van der Waals surface area contributed by atoms with Gasteiger partial charge >= 0.3 is 0 Å². The minimum atomic E-state index is 0.0447. The number of fused-ring (bicyclic) bond motifs is 3. The van der Waals surface area contributed by atoms with E-state index in [1.54, 1.807) is 0 Å². The van der Waals surface area contributed by atoms with Crippen molar-refractivity contribution in [3.8, 4) is 0 Å². The molecule has 0 aromatic heterocycles. The molecule has 0 bridgehead atoms. The highest BCUT2D eigenvalue weighted by molar-refractivity contribution is 5.97. The zero-order valence-corrected chi connectivity index (χ0v) is 14.1. The van der Waals surface area contributed by atoms with Crippen molar-refractivity contribution in [3.05, 3.63) is 59.2 Å². The molecule has 110 valence electrons. The van der Waals surface area contributed by atoms with Crippen LogP contribution in [0.1, 0.15) is 52.7 Å². The van der Waals surface area contributed by atoms with Crippen molar-refractivity contribution >= 4 is 11.6 Å². The molecule has 1 aromatic carbocycles. The molecule has 0 nitrogen and oxygen atoms in total. The van der Waals surface area contributed by atoms with Crippen LogP contribution < -0.4 is 0 Å². The third-order valence-corrected chi connectivity index (χ3v) is 5.24. The highest BCUT2D eigenvalue weighted by Crippen LogP contribution is 2.63. The van der Waals surface area contributed by atoms with Crippen molar-refractivity contribution in [3.63, 3.8) is 0 Å². The molecule has 0 atom stereocenters. The number of hydrogen-bond acceptors (Lipinski definition) is 0. The Hall–Kier alpha value is -1.56. The molecule has 3 rings (SSSR count). The van der Waals surface area contributed by atoms with Crippen molar-refractivity contribution in [2.24, 2.45) is 16.2 Å². The normalized spacial score (nSPS) is 19.7. The number of allylic oxidation sites excluding steroid dienone is 5. The molecule has 0 N–H and O–H groups in total. The van der Waals surface area contributed by atoms with Gasteiger partial charge in [0, 0.05) is 5.41 Å². The molecule has 2 aliphatic carbocycles. The van der Waals surface area contributed by atoms with Gasteiger partial charge in [-0.2, -0.15) is 0 Å². The average Bonchev–Trinajstić information content (AvgIpc) is 2.74. The average molecular weight is 278 g/mol. The maximum absolute atomic E-state index is 2.44. The van der Waals surface area contributed by atoms with Crippen molar-refractivity contribution < 1.29 is 0 Å². The van der Waals surface area contributed by atoms with Gasteiger partial charge in [-0.15, -0.1) is 0 Å². The number of benzene rings is 1. The first-order valence-electron chi connectivity index (χ1n) is 7.90. The molecule has 0 heterocycles. The second-order valence-corrected chi connectivity index (χ2v) is 8.39. The molecule has 2 aliphatic rings. The maximum atomic E-state index is 2.44. The molecule has 0 saturated carbocycles. The first kappa shape index (κ1) is 14.4. The number of hydrogen-bond donors (Lipinski definition) is 0. The van der Waals surface area contributed by atoms with E-state index in [2.05, 4.69) is 90.1 Å². The Balaban J connectivity index is 2.29. The lowest BCUT2D eigenvalue weighted by atomic mass is 9.49. The quantitative estimate of drug-likeness (QED) is 0.536. The molecule has 1 aromatic rings. The van der Waals surface area contributed by atoms with Crippen LogP contribution >= 0.6 is 0 Å². The molecular weight excluding hydrogens is 252 g/mol. The molecule has 21 heavy (non-hydrogen) atoms. The van der Waals surface area contributed by atoms with Crippen LogP contribution in [0.25, 0.3) is 11.6 Å². The number of rotatable bonds is 0. The SMILES string of the molecule is CC(C)(C)C1(C(C)(C)C)C=CC=C2C1=Cc1ccccc12. The molecule has 0 saturated heterocycles. The summed E-state index contributed by atoms with van der Waals surface area (Å²) in [6.07, 6.45) is 9.41. The summed E-state index contributed by atoms with van der Waals surface area (Å²) in [5.41, 5.74) is 6.02. The monoisotopic (exact) mass is 278 g/mol. The van der Waals surface area contributed by atoms with Crippen molar-refractivity contribution in [2.75, 3.05) is 0 Å². The van der Waals surface area contributed by atoms with Crippen LogP contribution in [0.2, 0.25) is 0 Å². The van der Waals surface area contributed by atoms with Crippen LogP contribution in [-0.2, 0) is 0 Å². The zero-order valence-electron chi connectivity index (χ0n) is 14.1. The predicted molar refractivity (Wildman–Crippen MR) is 92.9 cm³/mol. The predicted octanol–water partition coefficient (Wildman–Crippen LogP) is 6.12. The van der Waals surface area contributed by atoms with Gasteiger partial charge in [-0.3, -0.25) is 0 Å². The standard InChI is InChI=1S/C21H26/c1-19(2,3)21(20(4,5)6)13-9-12-17-16-11-8-7-10-15(16)14-18(17)21/h7-14H,1-6H3. The Morgan fingerprint density at radius 1 is 0.857 bits per heavy atom. The van der Waals surface area contributed by atoms with Crippen LogP contribution in [0.5, 0.6) is 0 Å².